The number of nitrogens with zero attached hydrogens (tertiary/aromatic N) is 3. The highest BCUT2D eigenvalue weighted by Gasteiger charge is 2.21. The van der Waals surface area contributed by atoms with E-state index in [4.69, 9.17) is 14.2 Å². The van der Waals surface area contributed by atoms with Gasteiger partial charge in [-0.05, 0) is 18.2 Å². The number of carbonyl (C=O) groups excluding carboxylic acids is 2. The fourth-order valence-electron chi connectivity index (χ4n) is 2.39. The van der Waals surface area contributed by atoms with Crippen molar-refractivity contribution >= 4 is 17.8 Å². The molecule has 2 heterocycles. The lowest BCUT2D eigenvalue weighted by molar-refractivity contribution is -0.147. The standard InChI is InChI=1S/C18H20N4O5/c1-22(18-19-7-4-8-20-18)10-17(24)26-12-16(23)21-9-13-11-25-14-5-2-3-6-15(14)27-13/h2-8,13H,9-12H2,1H3,(H,21,23)/t13-/m1/s1. The molecule has 0 aliphatic carbocycles. The summed E-state index contributed by atoms with van der Waals surface area (Å²) >= 11 is 0. The molecule has 0 unspecified atom stereocenters. The largest absolute Gasteiger partial charge is 0.486 e. The molecule has 1 aliphatic heterocycles. The maximum Gasteiger partial charge on any atom is 0.326 e. The van der Waals surface area contributed by atoms with Gasteiger partial charge in [-0.1, -0.05) is 12.1 Å². The van der Waals surface area contributed by atoms with Crippen LogP contribution in [0.15, 0.2) is 42.7 Å². The van der Waals surface area contributed by atoms with Crippen molar-refractivity contribution in [3.05, 3.63) is 42.7 Å². The Balaban J connectivity index is 1.36. The number of hydrogen-bond acceptors (Lipinski definition) is 8. The lowest BCUT2D eigenvalue weighted by Crippen LogP contribution is -2.42. The first-order valence-electron chi connectivity index (χ1n) is 8.41. The van der Waals surface area contributed by atoms with Crippen molar-refractivity contribution in [2.24, 2.45) is 0 Å². The highest BCUT2D eigenvalue weighted by molar-refractivity contribution is 5.81. The molecule has 1 aliphatic rings. The summed E-state index contributed by atoms with van der Waals surface area (Å²) in [6.07, 6.45) is 2.85. The first kappa shape index (κ1) is 18.4. The second-order valence-corrected chi connectivity index (χ2v) is 5.87. The van der Waals surface area contributed by atoms with Gasteiger partial charge in [0.05, 0.1) is 6.54 Å². The number of amides is 1. The monoisotopic (exact) mass is 372 g/mol. The Morgan fingerprint density at radius 2 is 1.96 bits per heavy atom. The molecule has 27 heavy (non-hydrogen) atoms. The minimum absolute atomic E-state index is 0.0619. The van der Waals surface area contributed by atoms with Crippen LogP contribution in [-0.4, -0.2) is 61.3 Å². The fourth-order valence-corrected chi connectivity index (χ4v) is 2.39. The van der Waals surface area contributed by atoms with E-state index in [2.05, 4.69) is 15.3 Å². The molecule has 0 saturated heterocycles. The van der Waals surface area contributed by atoms with Crippen molar-refractivity contribution in [3.63, 3.8) is 0 Å². The minimum Gasteiger partial charge on any atom is -0.486 e. The van der Waals surface area contributed by atoms with Gasteiger partial charge in [0, 0.05) is 19.4 Å². The van der Waals surface area contributed by atoms with Gasteiger partial charge in [0.15, 0.2) is 18.1 Å². The topological polar surface area (TPSA) is 103 Å². The van der Waals surface area contributed by atoms with Crippen LogP contribution in [0.5, 0.6) is 11.5 Å². The molecular formula is C18H20N4O5. The minimum atomic E-state index is -0.550. The number of hydrogen-bond donors (Lipinski definition) is 1. The number of nitrogens with one attached hydrogen (secondary N) is 1. The summed E-state index contributed by atoms with van der Waals surface area (Å²) in [5.41, 5.74) is 0. The highest BCUT2D eigenvalue weighted by atomic mass is 16.6. The van der Waals surface area contributed by atoms with E-state index in [-0.39, 0.29) is 25.8 Å². The first-order valence-corrected chi connectivity index (χ1v) is 8.41. The summed E-state index contributed by atoms with van der Waals surface area (Å²) in [7, 11) is 1.66. The zero-order chi connectivity index (χ0) is 19.1. The smallest absolute Gasteiger partial charge is 0.326 e. The van der Waals surface area contributed by atoms with Crippen molar-refractivity contribution in [2.75, 3.05) is 38.3 Å². The first-order chi connectivity index (χ1) is 13.1. The van der Waals surface area contributed by atoms with E-state index in [1.165, 1.54) is 4.90 Å². The average Bonchev–Trinajstić information content (AvgIpc) is 2.71. The van der Waals surface area contributed by atoms with E-state index < -0.39 is 11.9 Å². The number of carbonyl (C=O) groups is 2. The van der Waals surface area contributed by atoms with E-state index in [1.807, 2.05) is 18.2 Å². The van der Waals surface area contributed by atoms with Crippen LogP contribution in [0.4, 0.5) is 5.95 Å². The summed E-state index contributed by atoms with van der Waals surface area (Å²) in [5.74, 6) is 0.755. The molecule has 0 saturated carbocycles. The van der Waals surface area contributed by atoms with Crippen LogP contribution >= 0.6 is 0 Å². The number of fused-ring (bicyclic) bond motifs is 1. The van der Waals surface area contributed by atoms with Crippen LogP contribution in [0.2, 0.25) is 0 Å². The Morgan fingerprint density at radius 3 is 2.74 bits per heavy atom. The van der Waals surface area contributed by atoms with Gasteiger partial charge in [-0.15, -0.1) is 0 Å². The predicted molar refractivity (Wildman–Crippen MR) is 95.6 cm³/mol. The van der Waals surface area contributed by atoms with E-state index in [9.17, 15) is 9.59 Å². The molecule has 0 spiro atoms. The molecule has 1 N–H and O–H groups in total. The van der Waals surface area contributed by atoms with E-state index in [1.54, 1.807) is 31.6 Å². The van der Waals surface area contributed by atoms with Crippen LogP contribution in [-0.2, 0) is 14.3 Å². The van der Waals surface area contributed by atoms with Crippen molar-refractivity contribution in [1.29, 1.82) is 0 Å². The molecule has 9 heteroatoms. The average molecular weight is 372 g/mol. The fraction of sp³-hybridized carbons (Fsp3) is 0.333. The summed E-state index contributed by atoms with van der Waals surface area (Å²) in [6, 6.07) is 9.01. The molecule has 142 valence electrons. The SMILES string of the molecule is CN(CC(=O)OCC(=O)NC[C@@H]1COc2ccccc2O1)c1ncccn1. The number of rotatable bonds is 7. The lowest BCUT2D eigenvalue weighted by Gasteiger charge is -2.26. The Hall–Kier alpha value is -3.36. The Bertz CT molecular complexity index is 786. The van der Waals surface area contributed by atoms with Gasteiger partial charge in [0.1, 0.15) is 19.3 Å². The maximum atomic E-state index is 11.9. The third-order valence-electron chi connectivity index (χ3n) is 3.72. The predicted octanol–water partition coefficient (Wildman–Crippen LogP) is 0.412. The Labute approximate surface area is 156 Å². The zero-order valence-corrected chi connectivity index (χ0v) is 14.8. The Morgan fingerprint density at radius 1 is 1.22 bits per heavy atom. The van der Waals surface area contributed by atoms with E-state index in [0.29, 0.717) is 24.1 Å². The molecule has 9 nitrogen and oxygen atoms in total. The number of para-hydroxylation sites is 2. The molecular weight excluding hydrogens is 352 g/mol. The number of ether oxygens (including phenoxy) is 3. The van der Waals surface area contributed by atoms with Crippen molar-refractivity contribution in [3.8, 4) is 11.5 Å². The van der Waals surface area contributed by atoms with E-state index in [0.717, 1.165) is 0 Å². The van der Waals surface area contributed by atoms with Crippen LogP contribution in [0, 0.1) is 0 Å². The normalized spacial score (nSPS) is 14.9. The highest BCUT2D eigenvalue weighted by Crippen LogP contribution is 2.30. The van der Waals surface area contributed by atoms with Crippen LogP contribution in [0.1, 0.15) is 0 Å². The van der Waals surface area contributed by atoms with Crippen LogP contribution in [0.3, 0.4) is 0 Å². The van der Waals surface area contributed by atoms with Gasteiger partial charge in [0.25, 0.3) is 5.91 Å². The third kappa shape index (κ3) is 5.30. The number of aromatic nitrogens is 2. The van der Waals surface area contributed by atoms with Gasteiger partial charge in [-0.2, -0.15) is 0 Å². The molecule has 1 aromatic heterocycles. The number of benzene rings is 1. The molecule has 1 amide bonds. The van der Waals surface area contributed by atoms with Gasteiger partial charge < -0.3 is 24.4 Å². The third-order valence-corrected chi connectivity index (χ3v) is 3.72. The zero-order valence-electron chi connectivity index (χ0n) is 14.8. The Kier molecular flexibility index (Phi) is 6.03. The second-order valence-electron chi connectivity index (χ2n) is 5.87. The molecule has 3 rings (SSSR count). The summed E-state index contributed by atoms with van der Waals surface area (Å²) in [4.78, 5) is 33.3. The quantitative estimate of drug-likeness (QED) is 0.698. The van der Waals surface area contributed by atoms with Gasteiger partial charge >= 0.3 is 5.97 Å². The lowest BCUT2D eigenvalue weighted by atomic mass is 10.2. The maximum absolute atomic E-state index is 11.9. The van der Waals surface area contributed by atoms with Crippen LogP contribution in [0.25, 0.3) is 0 Å². The molecule has 0 fully saturated rings. The molecule has 1 atom stereocenters. The van der Waals surface area contributed by atoms with Crippen molar-refractivity contribution in [2.45, 2.75) is 6.10 Å². The molecule has 1 aromatic carbocycles. The number of anilines is 1. The summed E-state index contributed by atoms with van der Waals surface area (Å²) in [5, 5.41) is 2.66. The molecule has 0 radical (unpaired) electrons. The van der Waals surface area contributed by atoms with E-state index >= 15 is 0 Å². The van der Waals surface area contributed by atoms with Gasteiger partial charge in [0.2, 0.25) is 5.95 Å². The van der Waals surface area contributed by atoms with Gasteiger partial charge in [-0.25, -0.2) is 9.97 Å². The second kappa shape index (κ2) is 8.84. The van der Waals surface area contributed by atoms with Crippen LogP contribution < -0.4 is 19.7 Å². The molecule has 2 aromatic rings. The summed E-state index contributed by atoms with van der Waals surface area (Å²) in [6.45, 7) is 0.154. The molecule has 0 bridgehead atoms. The van der Waals surface area contributed by atoms with Gasteiger partial charge in [-0.3, -0.25) is 9.59 Å². The number of esters is 1. The number of likely N-dealkylation sites (N-methyl/N-ethyl adjacent to an activating group) is 1. The van der Waals surface area contributed by atoms with Crippen molar-refractivity contribution in [1.82, 2.24) is 15.3 Å². The summed E-state index contributed by atoms with van der Waals surface area (Å²) < 4.78 is 16.3. The van der Waals surface area contributed by atoms with Crippen molar-refractivity contribution < 1.29 is 23.8 Å².